The number of rotatable bonds is 0. The molecule has 35 valence electrons. The minimum atomic E-state index is 1.25. The molecule has 0 aliphatic carbocycles. The quantitative estimate of drug-likeness (QED) is 0.317. The van der Waals surface area contributed by atoms with E-state index in [4.69, 9.17) is 13.4 Å². The molecule has 0 aliphatic rings. The van der Waals surface area contributed by atoms with E-state index in [1.54, 1.807) is 21.0 Å². The Bertz CT molecular complexity index is 20.9. The summed E-state index contributed by atoms with van der Waals surface area (Å²) < 4.78 is 8.06. The van der Waals surface area contributed by atoms with Crippen molar-refractivity contribution in [1.82, 2.24) is 0 Å². The van der Waals surface area contributed by atoms with Gasteiger partial charge < -0.3 is 5.21 Å². The van der Waals surface area contributed by atoms with Crippen molar-refractivity contribution < 1.29 is 29.5 Å². The molecule has 0 rings (SSSR count). The molecule has 0 atom stereocenters. The van der Waals surface area contributed by atoms with E-state index in [9.17, 15) is 0 Å². The van der Waals surface area contributed by atoms with E-state index in [1.165, 1.54) is 5.34 Å². The van der Waals surface area contributed by atoms with Crippen molar-refractivity contribution in [2.75, 3.05) is 0 Å². The van der Waals surface area contributed by atoms with Crippen molar-refractivity contribution in [2.24, 2.45) is 5.34 Å². The van der Waals surface area contributed by atoms with E-state index in [0.717, 1.165) is 0 Å². The number of hydrogen-bond acceptors (Lipinski definition) is 3. The molecule has 0 aliphatic heterocycles. The summed E-state index contributed by atoms with van der Waals surface area (Å²) in [5.74, 6) is 0. The van der Waals surface area contributed by atoms with Crippen LogP contribution in [0.1, 0.15) is 0 Å². The maximum absolute atomic E-state index is 8.11. The Morgan fingerprint density at radius 2 is 1.60 bits per heavy atom. The molecule has 0 aromatic rings. The van der Waals surface area contributed by atoms with E-state index >= 15 is 0 Å². The summed E-state index contributed by atoms with van der Waals surface area (Å²) in [6, 6.07) is 0. The van der Waals surface area contributed by atoms with Crippen LogP contribution in [0.3, 0.4) is 0 Å². The van der Waals surface area contributed by atoms with Gasteiger partial charge in [0.2, 0.25) is 0 Å². The molecule has 0 amide bonds. The van der Waals surface area contributed by atoms with Gasteiger partial charge in [-0.3, -0.25) is 0 Å². The van der Waals surface area contributed by atoms with E-state index in [0.29, 0.717) is 0 Å². The summed E-state index contributed by atoms with van der Waals surface area (Å²) in [5, 5.41) is 7.89. The zero-order valence-corrected chi connectivity index (χ0v) is 3.49. The Balaban J connectivity index is 0. The SMILES string of the molecule is O=NO.[O]=[Ag]. The molecule has 5 heteroatoms. The monoisotopic (exact) mass is 170 g/mol. The topological polar surface area (TPSA) is 66.7 Å². The average molecular weight is 171 g/mol. The fraction of sp³-hybridized carbons (Fsp3) is 0. The second kappa shape index (κ2) is 38.5. The van der Waals surface area contributed by atoms with Crippen molar-refractivity contribution in [2.45, 2.75) is 0 Å². The average Bonchev–Trinajstić information content (AvgIpc) is 1.46. The van der Waals surface area contributed by atoms with Gasteiger partial charge in [-0.25, -0.2) is 0 Å². The Kier molecular flexibility index (Phi) is 68.4. The minimum absolute atomic E-state index is 1.25. The number of hydrogen-bond donors (Lipinski definition) is 1. The first-order valence-corrected chi connectivity index (χ1v) is 1.11. The molecular weight excluding hydrogens is 170 g/mol. The van der Waals surface area contributed by atoms with Crippen LogP contribution in [0.4, 0.5) is 0 Å². The van der Waals surface area contributed by atoms with Gasteiger partial charge in [-0.15, -0.1) is 4.91 Å². The molecule has 0 fully saturated rings. The van der Waals surface area contributed by atoms with Crippen LogP contribution in [0, 0.1) is 4.91 Å². The summed E-state index contributed by atoms with van der Waals surface area (Å²) in [5.41, 5.74) is 0. The fourth-order valence-electron chi connectivity index (χ4n) is 0. The maximum atomic E-state index is 8.11. The van der Waals surface area contributed by atoms with Crippen molar-refractivity contribution in [3.8, 4) is 0 Å². The third-order valence-corrected chi connectivity index (χ3v) is 0. The molecule has 0 radical (unpaired) electrons. The normalized spacial score (nSPS) is 3.60. The zero-order valence-electron chi connectivity index (χ0n) is 2.01. The van der Waals surface area contributed by atoms with E-state index in [1.807, 2.05) is 0 Å². The summed E-state index contributed by atoms with van der Waals surface area (Å²) in [6.07, 6.45) is 0. The van der Waals surface area contributed by atoms with Gasteiger partial charge in [0.05, 0.1) is 0 Å². The van der Waals surface area contributed by atoms with Crippen LogP contribution < -0.4 is 0 Å². The third-order valence-electron chi connectivity index (χ3n) is 0. The fourth-order valence-corrected chi connectivity index (χ4v) is 0. The van der Waals surface area contributed by atoms with Crippen LogP contribution in [0.5, 0.6) is 0 Å². The third kappa shape index (κ3) is 4160. The van der Waals surface area contributed by atoms with Gasteiger partial charge in [0, 0.05) is 0 Å². The van der Waals surface area contributed by atoms with Gasteiger partial charge in [0.25, 0.3) is 0 Å². The molecule has 0 unspecified atom stereocenters. The van der Waals surface area contributed by atoms with Crippen LogP contribution in [0.25, 0.3) is 0 Å². The molecule has 4 nitrogen and oxygen atoms in total. The standard InChI is InChI=1S/Ag.HNO2.O/c;2-1-3;/h;(H,2,3);. The first-order chi connectivity index (χ1) is 2.41. The summed E-state index contributed by atoms with van der Waals surface area (Å²) in [4.78, 5) is 8.11. The van der Waals surface area contributed by atoms with Crippen molar-refractivity contribution in [3.63, 3.8) is 0 Å². The molecule has 5 heavy (non-hydrogen) atoms. The molecule has 0 saturated carbocycles. The van der Waals surface area contributed by atoms with E-state index in [-0.39, 0.29) is 0 Å². The molecule has 0 aromatic heterocycles. The molecule has 1 N–H and O–H groups in total. The van der Waals surface area contributed by atoms with Gasteiger partial charge in [-0.2, -0.15) is 0 Å². The zero-order chi connectivity index (χ0) is 4.71. The molecule has 0 heterocycles. The van der Waals surface area contributed by atoms with Gasteiger partial charge in [0.15, 0.2) is 5.34 Å². The van der Waals surface area contributed by atoms with E-state index < -0.39 is 0 Å². The van der Waals surface area contributed by atoms with Crippen LogP contribution in [0.2, 0.25) is 0 Å². The second-order valence-electron chi connectivity index (χ2n) is 0.0816. The van der Waals surface area contributed by atoms with Gasteiger partial charge in [-0.1, -0.05) is 0 Å². The summed E-state index contributed by atoms with van der Waals surface area (Å²) >= 11 is 1.70. The molecule has 0 aromatic carbocycles. The van der Waals surface area contributed by atoms with Crippen molar-refractivity contribution >= 4 is 0 Å². The van der Waals surface area contributed by atoms with Crippen LogP contribution in [-0.2, 0) is 24.3 Å². The van der Waals surface area contributed by atoms with Gasteiger partial charge >= 0.3 is 24.3 Å². The second-order valence-corrected chi connectivity index (χ2v) is 0.0816. The predicted octanol–water partition coefficient (Wildman–Crippen LogP) is 0.0207. The van der Waals surface area contributed by atoms with Crippen molar-refractivity contribution in [1.29, 1.82) is 0 Å². The van der Waals surface area contributed by atoms with Crippen molar-refractivity contribution in [3.05, 3.63) is 4.91 Å². The van der Waals surface area contributed by atoms with E-state index in [2.05, 4.69) is 0 Å². The first-order valence-electron chi connectivity index (χ1n) is 0.506. The Labute approximate surface area is 40.4 Å². The van der Waals surface area contributed by atoms with Crippen LogP contribution in [-0.4, -0.2) is 5.21 Å². The summed E-state index contributed by atoms with van der Waals surface area (Å²) in [6.45, 7) is 0. The Morgan fingerprint density at radius 1 is 1.60 bits per heavy atom. The molecular formula is HAgNO3. The number of nitrogens with zero attached hydrogens (tertiary/aromatic N) is 1. The molecule has 0 bridgehead atoms. The molecule has 0 spiro atoms. The predicted molar refractivity (Wildman–Crippen MR) is 8.27 cm³/mol. The van der Waals surface area contributed by atoms with Gasteiger partial charge in [-0.05, 0) is 0 Å². The van der Waals surface area contributed by atoms with Crippen LogP contribution >= 0.6 is 0 Å². The Hall–Kier alpha value is -0.0597. The van der Waals surface area contributed by atoms with Crippen LogP contribution in [0.15, 0.2) is 5.34 Å². The van der Waals surface area contributed by atoms with Gasteiger partial charge in [0.1, 0.15) is 0 Å². The Morgan fingerprint density at radius 3 is 1.60 bits per heavy atom. The first kappa shape index (κ1) is 8.87. The molecule has 0 saturated heterocycles. The summed E-state index contributed by atoms with van der Waals surface area (Å²) in [7, 11) is 0.